The van der Waals surface area contributed by atoms with E-state index in [4.69, 9.17) is 20.7 Å². The van der Waals surface area contributed by atoms with Crippen LogP contribution in [-0.4, -0.2) is 38.2 Å². The van der Waals surface area contributed by atoms with Gasteiger partial charge in [0.25, 0.3) is 6.49 Å². The molecule has 2 heterocycles. The zero-order valence-corrected chi connectivity index (χ0v) is 8.68. The third-order valence-electron chi connectivity index (χ3n) is 2.03. The van der Waals surface area contributed by atoms with E-state index in [9.17, 15) is 4.57 Å². The molecule has 0 bridgehead atoms. The zero-order valence-electron chi connectivity index (χ0n) is 7.03. The van der Waals surface area contributed by atoms with E-state index in [0.29, 0.717) is 26.3 Å². The van der Waals surface area contributed by atoms with Crippen molar-refractivity contribution in [1.29, 1.82) is 0 Å². The summed E-state index contributed by atoms with van der Waals surface area (Å²) in [6.07, 6.45) is 0. The van der Waals surface area contributed by atoms with Gasteiger partial charge in [0.2, 0.25) is 0 Å². The third-order valence-corrected chi connectivity index (χ3v) is 5.04. The largest absolute Gasteiger partial charge is 0.353 e. The minimum atomic E-state index is -2.98. The van der Waals surface area contributed by atoms with Crippen molar-refractivity contribution in [1.82, 2.24) is 10.6 Å². The molecule has 2 aliphatic rings. The molecular formula is C6H12ClN2O3P. The van der Waals surface area contributed by atoms with E-state index in [1.165, 1.54) is 0 Å². The molecule has 2 saturated heterocycles. The number of ether oxygens (including phenoxy) is 2. The van der Waals surface area contributed by atoms with E-state index >= 15 is 0 Å². The fourth-order valence-corrected chi connectivity index (χ4v) is 3.77. The van der Waals surface area contributed by atoms with E-state index < -0.39 is 18.4 Å². The van der Waals surface area contributed by atoms with Gasteiger partial charge in [-0.05, 0) is 11.2 Å². The summed E-state index contributed by atoms with van der Waals surface area (Å²) in [5.41, 5.74) is 0. The van der Waals surface area contributed by atoms with Crippen LogP contribution in [-0.2, 0) is 14.0 Å². The highest BCUT2D eigenvalue weighted by Crippen LogP contribution is 2.60. The van der Waals surface area contributed by atoms with E-state index in [1.54, 1.807) is 0 Å². The quantitative estimate of drug-likeness (QED) is 0.664. The lowest BCUT2D eigenvalue weighted by molar-refractivity contribution is 0.130. The molecule has 76 valence electrons. The Labute approximate surface area is 81.3 Å². The fraction of sp³-hybridized carbons (Fsp3) is 1.00. The van der Waals surface area contributed by atoms with Crippen LogP contribution >= 0.6 is 17.7 Å². The van der Waals surface area contributed by atoms with E-state index in [2.05, 4.69) is 10.6 Å². The highest BCUT2D eigenvalue weighted by atomic mass is 35.7. The summed E-state index contributed by atoms with van der Waals surface area (Å²) >= 11 is 5.93. The second-order valence-electron chi connectivity index (χ2n) is 2.98. The Morgan fingerprint density at radius 2 is 1.62 bits per heavy atom. The predicted octanol–water partition coefficient (Wildman–Crippen LogP) is 0.310. The number of rotatable bonds is 2. The minimum Gasteiger partial charge on any atom is -0.353 e. The van der Waals surface area contributed by atoms with Crippen LogP contribution in [0.2, 0.25) is 0 Å². The maximum Gasteiger partial charge on any atom is 0.252 e. The molecule has 7 heteroatoms. The fourth-order valence-electron chi connectivity index (χ4n) is 1.40. The first-order valence-electron chi connectivity index (χ1n) is 4.20. The Kier molecular flexibility index (Phi) is 2.93. The van der Waals surface area contributed by atoms with Crippen molar-refractivity contribution in [3.05, 3.63) is 0 Å². The van der Waals surface area contributed by atoms with Crippen LogP contribution < -0.4 is 10.6 Å². The molecule has 2 fully saturated rings. The minimum absolute atomic E-state index is 0.550. The molecule has 0 aliphatic carbocycles. The van der Waals surface area contributed by atoms with Crippen molar-refractivity contribution in [3.8, 4) is 0 Å². The van der Waals surface area contributed by atoms with Gasteiger partial charge >= 0.3 is 0 Å². The SMILES string of the molecule is O=P(Cl)(C1NCCO1)C1NCCO1. The van der Waals surface area contributed by atoms with Gasteiger partial charge in [0.05, 0.1) is 13.2 Å². The van der Waals surface area contributed by atoms with Crippen LogP contribution in [0.4, 0.5) is 0 Å². The average Bonchev–Trinajstić information content (AvgIpc) is 2.78. The molecule has 0 spiro atoms. The Hall–Kier alpha value is 0.360. The second-order valence-corrected chi connectivity index (χ2v) is 6.75. The van der Waals surface area contributed by atoms with Crippen molar-refractivity contribution >= 4 is 17.7 Å². The van der Waals surface area contributed by atoms with Crippen LogP contribution in [0.5, 0.6) is 0 Å². The van der Waals surface area contributed by atoms with E-state index in [-0.39, 0.29) is 0 Å². The number of halogens is 1. The smallest absolute Gasteiger partial charge is 0.252 e. The Balaban J connectivity index is 2.04. The van der Waals surface area contributed by atoms with E-state index in [1.807, 2.05) is 0 Å². The van der Waals surface area contributed by atoms with Crippen molar-refractivity contribution in [2.45, 2.75) is 11.9 Å². The maximum absolute atomic E-state index is 12.0. The molecule has 0 aromatic rings. The molecule has 13 heavy (non-hydrogen) atoms. The second kappa shape index (κ2) is 3.85. The summed E-state index contributed by atoms with van der Waals surface area (Å²) in [6.45, 7) is -0.506. The summed E-state index contributed by atoms with van der Waals surface area (Å²) in [5.74, 6) is -1.13. The van der Waals surface area contributed by atoms with Crippen LogP contribution in [0, 0.1) is 0 Å². The average molecular weight is 227 g/mol. The summed E-state index contributed by atoms with van der Waals surface area (Å²) in [5, 5.41) is 5.87. The van der Waals surface area contributed by atoms with Gasteiger partial charge in [-0.25, -0.2) is 0 Å². The monoisotopic (exact) mass is 226 g/mol. The lowest BCUT2D eigenvalue weighted by Gasteiger charge is -2.22. The Morgan fingerprint density at radius 3 is 1.92 bits per heavy atom. The number of hydrogen-bond acceptors (Lipinski definition) is 5. The van der Waals surface area contributed by atoms with Gasteiger partial charge in [0.1, 0.15) is 0 Å². The van der Waals surface area contributed by atoms with Gasteiger partial charge in [-0.15, -0.1) is 0 Å². The van der Waals surface area contributed by atoms with Crippen LogP contribution in [0.15, 0.2) is 0 Å². The molecule has 2 aliphatic heterocycles. The first-order valence-corrected chi connectivity index (χ1v) is 6.95. The lowest BCUT2D eigenvalue weighted by Crippen LogP contribution is -2.31. The molecule has 2 N–H and O–H groups in total. The predicted molar refractivity (Wildman–Crippen MR) is 48.9 cm³/mol. The van der Waals surface area contributed by atoms with Gasteiger partial charge < -0.3 is 9.47 Å². The Morgan fingerprint density at radius 1 is 1.15 bits per heavy atom. The van der Waals surface area contributed by atoms with Crippen LogP contribution in [0.1, 0.15) is 0 Å². The molecular weight excluding hydrogens is 215 g/mol. The van der Waals surface area contributed by atoms with Crippen molar-refractivity contribution in [3.63, 3.8) is 0 Å². The third kappa shape index (κ3) is 1.91. The summed E-state index contributed by atoms with van der Waals surface area (Å²) in [4.78, 5) is 0. The molecule has 0 amide bonds. The standard InChI is InChI=1S/C6H12ClN2O3P/c7-13(10,5-8-1-3-11-5)6-9-2-4-12-6/h5-6,8-9H,1-4H2. The summed E-state index contributed by atoms with van der Waals surface area (Å²) < 4.78 is 22.4. The maximum atomic E-state index is 12.0. The molecule has 2 rings (SSSR count). The molecule has 5 nitrogen and oxygen atoms in total. The molecule has 2 atom stereocenters. The lowest BCUT2D eigenvalue weighted by atomic mass is 10.7. The number of hydrogen-bond donors (Lipinski definition) is 2. The van der Waals surface area contributed by atoms with Gasteiger partial charge in [0.15, 0.2) is 11.9 Å². The van der Waals surface area contributed by atoms with Crippen molar-refractivity contribution < 1.29 is 14.0 Å². The Bertz CT molecular complexity index is 208. The zero-order chi connectivity index (χ0) is 9.31. The molecule has 0 aromatic carbocycles. The summed E-state index contributed by atoms with van der Waals surface area (Å²) in [7, 11) is 0. The summed E-state index contributed by atoms with van der Waals surface area (Å²) in [6, 6.07) is 0. The van der Waals surface area contributed by atoms with Gasteiger partial charge in [0, 0.05) is 13.1 Å². The normalized spacial score (nSPS) is 39.2. The topological polar surface area (TPSA) is 59.6 Å². The molecule has 0 aromatic heterocycles. The first-order chi connectivity index (χ1) is 6.21. The van der Waals surface area contributed by atoms with Crippen molar-refractivity contribution in [2.75, 3.05) is 26.3 Å². The highest BCUT2D eigenvalue weighted by Gasteiger charge is 2.43. The van der Waals surface area contributed by atoms with Gasteiger partial charge in [-0.1, -0.05) is 0 Å². The van der Waals surface area contributed by atoms with Gasteiger partial charge in [-0.2, -0.15) is 0 Å². The molecule has 2 unspecified atom stereocenters. The molecule has 0 radical (unpaired) electrons. The van der Waals surface area contributed by atoms with Gasteiger partial charge in [-0.3, -0.25) is 15.2 Å². The molecule has 0 saturated carbocycles. The van der Waals surface area contributed by atoms with E-state index in [0.717, 1.165) is 0 Å². The highest BCUT2D eigenvalue weighted by molar-refractivity contribution is 7.89. The number of nitrogens with one attached hydrogen (secondary N) is 2. The van der Waals surface area contributed by atoms with Crippen LogP contribution in [0.3, 0.4) is 0 Å². The van der Waals surface area contributed by atoms with Crippen molar-refractivity contribution in [2.24, 2.45) is 0 Å². The first kappa shape index (κ1) is 9.90. The van der Waals surface area contributed by atoms with Crippen LogP contribution in [0.25, 0.3) is 0 Å².